The molecule has 1 fully saturated rings. The molecule has 1 aromatic rings. The van der Waals surface area contributed by atoms with E-state index in [-0.39, 0.29) is 6.04 Å². The van der Waals surface area contributed by atoms with Gasteiger partial charge in [-0.2, -0.15) is 0 Å². The summed E-state index contributed by atoms with van der Waals surface area (Å²) >= 11 is 0. The van der Waals surface area contributed by atoms with Crippen molar-refractivity contribution in [1.29, 1.82) is 0 Å². The smallest absolute Gasteiger partial charge is 0.254 e. The molecule has 8 heteroatoms. The van der Waals surface area contributed by atoms with E-state index in [0.717, 1.165) is 25.7 Å². The minimum absolute atomic E-state index is 0.0649. The van der Waals surface area contributed by atoms with Crippen LogP contribution in [0.1, 0.15) is 36.0 Å². The van der Waals surface area contributed by atoms with Crippen LogP contribution in [0.3, 0.4) is 0 Å². The van der Waals surface area contributed by atoms with Crippen molar-refractivity contribution in [3.63, 3.8) is 0 Å². The van der Waals surface area contributed by atoms with Crippen LogP contribution in [-0.4, -0.2) is 20.4 Å². The molecule has 0 aromatic heterocycles. The first-order valence-electron chi connectivity index (χ1n) is 6.12. The van der Waals surface area contributed by atoms with E-state index in [2.05, 4.69) is 5.32 Å². The average Bonchev–Trinajstić information content (AvgIpc) is 2.79. The van der Waals surface area contributed by atoms with Crippen LogP contribution in [0, 0.1) is 11.6 Å². The number of primary sulfonamides is 1. The Kier molecular flexibility index (Phi) is 4.05. The SMILES string of the molecule is NS(=O)(=O)c1cc(C(=O)NC2CCCC2)c(F)cc1F. The summed E-state index contributed by atoms with van der Waals surface area (Å²) in [6.07, 6.45) is 3.52. The molecule has 0 aliphatic heterocycles. The summed E-state index contributed by atoms with van der Waals surface area (Å²) in [5.41, 5.74) is -0.526. The van der Waals surface area contributed by atoms with Gasteiger partial charge in [0.15, 0.2) is 0 Å². The molecule has 3 N–H and O–H groups in total. The van der Waals surface area contributed by atoms with Crippen molar-refractivity contribution in [2.45, 2.75) is 36.6 Å². The van der Waals surface area contributed by atoms with Gasteiger partial charge in [0.25, 0.3) is 5.91 Å². The van der Waals surface area contributed by atoms with E-state index < -0.39 is 38.0 Å². The molecule has 2 rings (SSSR count). The second kappa shape index (κ2) is 5.45. The van der Waals surface area contributed by atoms with Crippen molar-refractivity contribution >= 4 is 15.9 Å². The van der Waals surface area contributed by atoms with Crippen LogP contribution < -0.4 is 10.5 Å². The first kappa shape index (κ1) is 14.9. The molecule has 0 unspecified atom stereocenters. The summed E-state index contributed by atoms with van der Waals surface area (Å²) in [5, 5.41) is 7.42. The summed E-state index contributed by atoms with van der Waals surface area (Å²) in [6.45, 7) is 0. The zero-order valence-corrected chi connectivity index (χ0v) is 11.3. The molecule has 110 valence electrons. The summed E-state index contributed by atoms with van der Waals surface area (Å²) in [4.78, 5) is 11.0. The molecule has 1 saturated carbocycles. The Morgan fingerprint density at radius 1 is 1.20 bits per heavy atom. The third-order valence-electron chi connectivity index (χ3n) is 3.26. The van der Waals surface area contributed by atoms with Gasteiger partial charge in [-0.3, -0.25) is 4.79 Å². The number of carbonyl (C=O) groups excluding carboxylic acids is 1. The molecular weight excluding hydrogens is 290 g/mol. The van der Waals surface area contributed by atoms with E-state index in [1.807, 2.05) is 0 Å². The van der Waals surface area contributed by atoms with Crippen LogP contribution in [0.5, 0.6) is 0 Å². The number of nitrogens with two attached hydrogens (primary N) is 1. The van der Waals surface area contributed by atoms with Crippen LogP contribution in [0.2, 0.25) is 0 Å². The van der Waals surface area contributed by atoms with Gasteiger partial charge >= 0.3 is 0 Å². The van der Waals surface area contributed by atoms with Crippen molar-refractivity contribution in [2.75, 3.05) is 0 Å². The van der Waals surface area contributed by atoms with Gasteiger partial charge in [-0.1, -0.05) is 12.8 Å². The normalized spacial score (nSPS) is 16.4. The molecule has 0 spiro atoms. The standard InChI is InChI=1S/C12H14F2N2O3S/c13-9-6-10(14)11(20(15,18)19)5-8(9)12(17)16-7-3-1-2-4-7/h5-7H,1-4H2,(H,16,17)(H2,15,18,19). The minimum atomic E-state index is -4.36. The number of hydrogen-bond donors (Lipinski definition) is 2. The van der Waals surface area contributed by atoms with Gasteiger partial charge in [-0.05, 0) is 18.9 Å². The van der Waals surface area contributed by atoms with Crippen LogP contribution in [0.4, 0.5) is 8.78 Å². The predicted molar refractivity (Wildman–Crippen MR) is 67.5 cm³/mol. The molecule has 1 aliphatic rings. The fourth-order valence-electron chi connectivity index (χ4n) is 2.25. The molecule has 5 nitrogen and oxygen atoms in total. The lowest BCUT2D eigenvalue weighted by molar-refractivity contribution is 0.0933. The molecule has 1 aliphatic carbocycles. The monoisotopic (exact) mass is 304 g/mol. The average molecular weight is 304 g/mol. The maximum atomic E-state index is 13.6. The number of benzene rings is 1. The van der Waals surface area contributed by atoms with E-state index >= 15 is 0 Å². The van der Waals surface area contributed by atoms with Gasteiger partial charge < -0.3 is 5.32 Å². The fraction of sp³-hybridized carbons (Fsp3) is 0.417. The topological polar surface area (TPSA) is 89.3 Å². The van der Waals surface area contributed by atoms with E-state index in [0.29, 0.717) is 12.1 Å². The number of carbonyl (C=O) groups is 1. The highest BCUT2D eigenvalue weighted by Crippen LogP contribution is 2.21. The lowest BCUT2D eigenvalue weighted by Crippen LogP contribution is -2.33. The molecule has 1 aromatic carbocycles. The van der Waals surface area contributed by atoms with Gasteiger partial charge in [-0.25, -0.2) is 22.3 Å². The summed E-state index contributed by atoms with van der Waals surface area (Å²) in [7, 11) is -4.36. The lowest BCUT2D eigenvalue weighted by atomic mass is 10.1. The number of rotatable bonds is 3. The number of halogens is 2. The second-order valence-corrected chi connectivity index (χ2v) is 6.29. The number of sulfonamides is 1. The maximum absolute atomic E-state index is 13.6. The zero-order chi connectivity index (χ0) is 14.9. The summed E-state index contributed by atoms with van der Waals surface area (Å²) in [6, 6.07) is 0.915. The van der Waals surface area contributed by atoms with E-state index in [9.17, 15) is 22.0 Å². The molecule has 0 heterocycles. The van der Waals surface area contributed by atoms with Crippen molar-refractivity contribution in [1.82, 2.24) is 5.32 Å². The van der Waals surface area contributed by atoms with Crippen LogP contribution in [0.25, 0.3) is 0 Å². The molecule has 0 saturated heterocycles. The van der Waals surface area contributed by atoms with Crippen LogP contribution in [0.15, 0.2) is 17.0 Å². The predicted octanol–water partition coefficient (Wildman–Crippen LogP) is 1.28. The maximum Gasteiger partial charge on any atom is 0.254 e. The fourth-order valence-corrected chi connectivity index (χ4v) is 2.87. The molecule has 1 amide bonds. The van der Waals surface area contributed by atoms with Crippen LogP contribution >= 0.6 is 0 Å². The third-order valence-corrected chi connectivity index (χ3v) is 4.19. The third kappa shape index (κ3) is 3.13. The molecule has 0 radical (unpaired) electrons. The van der Waals surface area contributed by atoms with Gasteiger partial charge in [-0.15, -0.1) is 0 Å². The van der Waals surface area contributed by atoms with Crippen molar-refractivity contribution < 1.29 is 22.0 Å². The van der Waals surface area contributed by atoms with E-state index in [4.69, 9.17) is 5.14 Å². The van der Waals surface area contributed by atoms with Gasteiger partial charge in [0.2, 0.25) is 10.0 Å². The Labute approximate surface area is 115 Å². The van der Waals surface area contributed by atoms with Crippen LogP contribution in [-0.2, 0) is 10.0 Å². The highest BCUT2D eigenvalue weighted by molar-refractivity contribution is 7.89. The largest absolute Gasteiger partial charge is 0.349 e. The summed E-state index contributed by atoms with van der Waals surface area (Å²) in [5.74, 6) is -3.20. The van der Waals surface area contributed by atoms with Crippen molar-refractivity contribution in [3.8, 4) is 0 Å². The molecule has 0 bridgehead atoms. The second-order valence-electron chi connectivity index (χ2n) is 4.76. The summed E-state index contributed by atoms with van der Waals surface area (Å²) < 4.78 is 49.3. The Balaban J connectivity index is 2.33. The number of nitrogens with one attached hydrogen (secondary N) is 1. The van der Waals surface area contributed by atoms with Gasteiger partial charge in [0, 0.05) is 12.1 Å². The molecular formula is C12H14F2N2O3S. The Bertz CT molecular complexity index is 640. The highest BCUT2D eigenvalue weighted by Gasteiger charge is 2.24. The van der Waals surface area contributed by atoms with Crippen molar-refractivity contribution in [2.24, 2.45) is 5.14 Å². The number of amides is 1. The minimum Gasteiger partial charge on any atom is -0.349 e. The molecule has 20 heavy (non-hydrogen) atoms. The zero-order valence-electron chi connectivity index (χ0n) is 10.5. The molecule has 0 atom stereocenters. The van der Waals surface area contributed by atoms with E-state index in [1.165, 1.54) is 0 Å². The van der Waals surface area contributed by atoms with Crippen molar-refractivity contribution in [3.05, 3.63) is 29.3 Å². The Hall–Kier alpha value is -1.54. The van der Waals surface area contributed by atoms with Gasteiger partial charge in [0.1, 0.15) is 16.5 Å². The number of hydrogen-bond acceptors (Lipinski definition) is 3. The lowest BCUT2D eigenvalue weighted by Gasteiger charge is -2.13. The first-order valence-corrected chi connectivity index (χ1v) is 7.66. The Morgan fingerprint density at radius 2 is 1.80 bits per heavy atom. The van der Waals surface area contributed by atoms with Gasteiger partial charge in [0.05, 0.1) is 5.56 Å². The first-order chi connectivity index (χ1) is 9.29. The Morgan fingerprint density at radius 3 is 2.35 bits per heavy atom. The highest BCUT2D eigenvalue weighted by atomic mass is 32.2. The van der Waals surface area contributed by atoms with E-state index in [1.54, 1.807) is 0 Å². The quantitative estimate of drug-likeness (QED) is 0.881.